The molecule has 0 bridgehead atoms. The fraction of sp³-hybridized carbons (Fsp3) is 0.875. The lowest BCUT2D eigenvalue weighted by atomic mass is 9.91. The monoisotopic (exact) mass is 235 g/mol. The minimum atomic E-state index is 0.145. The maximum atomic E-state index is 3.49. The molecule has 17 heavy (non-hydrogen) atoms. The molecule has 0 aromatic carbocycles. The van der Waals surface area contributed by atoms with Crippen molar-refractivity contribution in [3.8, 4) is 11.8 Å². The van der Waals surface area contributed by atoms with Gasteiger partial charge in [0, 0.05) is 24.4 Å². The molecule has 0 amide bonds. The van der Waals surface area contributed by atoms with E-state index < -0.39 is 0 Å². The van der Waals surface area contributed by atoms with Gasteiger partial charge in [-0.3, -0.25) is 0 Å². The van der Waals surface area contributed by atoms with Gasteiger partial charge in [0.15, 0.2) is 0 Å². The van der Waals surface area contributed by atoms with Crippen LogP contribution in [0, 0.1) is 28.6 Å². The first kappa shape index (κ1) is 14.6. The van der Waals surface area contributed by atoms with E-state index in [0.717, 1.165) is 0 Å². The highest BCUT2D eigenvalue weighted by Crippen LogP contribution is 2.22. The molecule has 1 fully saturated rings. The number of nitrogens with zero attached hydrogens (tertiary/aromatic N) is 1. The molecule has 0 aromatic rings. The Kier molecular flexibility index (Phi) is 4.67. The molecule has 98 valence electrons. The van der Waals surface area contributed by atoms with Gasteiger partial charge in [-0.2, -0.15) is 0 Å². The Labute approximate surface area is 108 Å². The van der Waals surface area contributed by atoms with E-state index in [2.05, 4.69) is 58.3 Å². The average molecular weight is 235 g/mol. The molecular formula is C16H29N. The third kappa shape index (κ3) is 6.74. The first-order chi connectivity index (χ1) is 7.66. The van der Waals surface area contributed by atoms with E-state index in [1.807, 2.05) is 0 Å². The van der Waals surface area contributed by atoms with Gasteiger partial charge in [-0.15, -0.1) is 0 Å². The Hall–Kier alpha value is -0.480. The highest BCUT2D eigenvalue weighted by molar-refractivity contribution is 5.11. The van der Waals surface area contributed by atoms with Crippen molar-refractivity contribution in [1.82, 2.24) is 4.90 Å². The summed E-state index contributed by atoms with van der Waals surface area (Å²) in [6, 6.07) is 0. The summed E-state index contributed by atoms with van der Waals surface area (Å²) >= 11 is 0. The van der Waals surface area contributed by atoms with E-state index in [0.29, 0.717) is 11.3 Å². The lowest BCUT2D eigenvalue weighted by molar-refractivity contribution is 0.145. The third-order valence-electron chi connectivity index (χ3n) is 2.85. The molecule has 1 aliphatic heterocycles. The highest BCUT2D eigenvalue weighted by atomic mass is 15.1. The van der Waals surface area contributed by atoms with Crippen LogP contribution in [-0.2, 0) is 0 Å². The highest BCUT2D eigenvalue weighted by Gasteiger charge is 2.22. The Bertz CT molecular complexity index is 292. The molecule has 0 aromatic heterocycles. The molecule has 1 heterocycles. The molecule has 1 aliphatic rings. The van der Waals surface area contributed by atoms with Gasteiger partial charge in [-0.05, 0) is 45.6 Å². The number of hydrogen-bond donors (Lipinski definition) is 0. The summed E-state index contributed by atoms with van der Waals surface area (Å²) in [6.07, 6.45) is 2.59. The van der Waals surface area contributed by atoms with Gasteiger partial charge in [0.25, 0.3) is 0 Å². The Morgan fingerprint density at radius 1 is 1.12 bits per heavy atom. The van der Waals surface area contributed by atoms with Crippen LogP contribution in [0.15, 0.2) is 0 Å². The van der Waals surface area contributed by atoms with Crippen molar-refractivity contribution in [3.63, 3.8) is 0 Å². The first-order valence-electron chi connectivity index (χ1n) is 6.91. The summed E-state index contributed by atoms with van der Waals surface area (Å²) < 4.78 is 0. The van der Waals surface area contributed by atoms with Crippen molar-refractivity contribution in [1.29, 1.82) is 0 Å². The predicted molar refractivity (Wildman–Crippen MR) is 75.9 cm³/mol. The maximum Gasteiger partial charge on any atom is 0.0330 e. The number of rotatable bonds is 1. The van der Waals surface area contributed by atoms with E-state index in [9.17, 15) is 0 Å². The summed E-state index contributed by atoms with van der Waals surface area (Å²) in [5, 5.41) is 0. The van der Waals surface area contributed by atoms with Gasteiger partial charge in [-0.25, -0.2) is 0 Å². The number of hydrogen-bond acceptors (Lipinski definition) is 1. The van der Waals surface area contributed by atoms with Crippen molar-refractivity contribution >= 4 is 0 Å². The second-order valence-electron chi connectivity index (χ2n) is 7.65. The zero-order chi connectivity index (χ0) is 13.1. The van der Waals surface area contributed by atoms with E-state index in [4.69, 9.17) is 0 Å². The fourth-order valence-corrected chi connectivity index (χ4v) is 2.31. The minimum absolute atomic E-state index is 0.145. The Morgan fingerprint density at radius 2 is 1.76 bits per heavy atom. The quantitative estimate of drug-likeness (QED) is 0.625. The number of likely N-dealkylation sites (tertiary alicyclic amines) is 1. The molecule has 0 radical (unpaired) electrons. The lowest BCUT2D eigenvalue weighted by Crippen LogP contribution is -2.40. The molecule has 0 N–H and O–H groups in total. The van der Waals surface area contributed by atoms with Gasteiger partial charge < -0.3 is 4.90 Å². The fourth-order valence-electron chi connectivity index (χ4n) is 2.31. The Balaban J connectivity index is 2.52. The summed E-state index contributed by atoms with van der Waals surface area (Å²) in [4.78, 5) is 2.59. The van der Waals surface area contributed by atoms with Gasteiger partial charge >= 0.3 is 0 Å². The van der Waals surface area contributed by atoms with Gasteiger partial charge in [-0.1, -0.05) is 32.6 Å². The third-order valence-corrected chi connectivity index (χ3v) is 2.85. The maximum absolute atomic E-state index is 3.49. The summed E-state index contributed by atoms with van der Waals surface area (Å²) in [6.45, 7) is 17.1. The summed E-state index contributed by atoms with van der Waals surface area (Å²) in [5.41, 5.74) is 0.547. The molecule has 0 saturated carbocycles. The lowest BCUT2D eigenvalue weighted by Gasteiger charge is -2.35. The molecule has 1 rings (SSSR count). The Morgan fingerprint density at radius 3 is 2.29 bits per heavy atom. The van der Waals surface area contributed by atoms with Crippen LogP contribution in [0.5, 0.6) is 0 Å². The van der Waals surface area contributed by atoms with Gasteiger partial charge in [0.1, 0.15) is 0 Å². The van der Waals surface area contributed by atoms with E-state index in [1.165, 1.54) is 32.5 Å². The van der Waals surface area contributed by atoms with Crippen molar-refractivity contribution < 1.29 is 0 Å². The van der Waals surface area contributed by atoms with Crippen molar-refractivity contribution in [2.24, 2.45) is 16.7 Å². The zero-order valence-corrected chi connectivity index (χ0v) is 12.6. The first-order valence-corrected chi connectivity index (χ1v) is 6.91. The van der Waals surface area contributed by atoms with Crippen LogP contribution in [0.4, 0.5) is 0 Å². The molecule has 1 heteroatoms. The van der Waals surface area contributed by atoms with Gasteiger partial charge in [0.05, 0.1) is 0 Å². The number of piperidine rings is 1. The zero-order valence-electron chi connectivity index (χ0n) is 12.6. The van der Waals surface area contributed by atoms with Crippen molar-refractivity contribution in [2.75, 3.05) is 19.6 Å². The van der Waals surface area contributed by atoms with E-state index in [1.54, 1.807) is 0 Å². The topological polar surface area (TPSA) is 3.24 Å². The molecule has 1 unspecified atom stereocenters. The summed E-state index contributed by atoms with van der Waals surface area (Å²) in [7, 11) is 0. The standard InChI is InChI=1S/C16H29N/c1-15(2,3)10-9-14-8-7-11-17(12-14)13-16(4,5)6/h14H,7-8,11-13H2,1-6H3. The molecule has 0 aliphatic carbocycles. The largest absolute Gasteiger partial charge is 0.302 e. The van der Waals surface area contributed by atoms with Crippen LogP contribution in [0.1, 0.15) is 54.4 Å². The van der Waals surface area contributed by atoms with Crippen LogP contribution in [0.2, 0.25) is 0 Å². The SMILES string of the molecule is CC(C)(C)C#CC1CCCN(CC(C)(C)C)C1. The smallest absolute Gasteiger partial charge is 0.0330 e. The second kappa shape index (κ2) is 5.44. The molecule has 1 saturated heterocycles. The molecule has 1 nitrogen and oxygen atoms in total. The average Bonchev–Trinajstić information content (AvgIpc) is 2.11. The van der Waals surface area contributed by atoms with Crippen LogP contribution in [0.3, 0.4) is 0 Å². The van der Waals surface area contributed by atoms with Crippen LogP contribution >= 0.6 is 0 Å². The normalized spacial score (nSPS) is 23.1. The minimum Gasteiger partial charge on any atom is -0.302 e. The van der Waals surface area contributed by atoms with Crippen LogP contribution < -0.4 is 0 Å². The second-order valence-corrected chi connectivity index (χ2v) is 7.65. The molecule has 0 spiro atoms. The molecular weight excluding hydrogens is 206 g/mol. The van der Waals surface area contributed by atoms with Crippen molar-refractivity contribution in [2.45, 2.75) is 54.4 Å². The van der Waals surface area contributed by atoms with Crippen LogP contribution in [-0.4, -0.2) is 24.5 Å². The van der Waals surface area contributed by atoms with Gasteiger partial charge in [0.2, 0.25) is 0 Å². The van der Waals surface area contributed by atoms with E-state index >= 15 is 0 Å². The predicted octanol–water partition coefficient (Wildman–Crippen LogP) is 3.79. The van der Waals surface area contributed by atoms with Crippen LogP contribution in [0.25, 0.3) is 0 Å². The molecule has 1 atom stereocenters. The van der Waals surface area contributed by atoms with Crippen molar-refractivity contribution in [3.05, 3.63) is 0 Å². The van der Waals surface area contributed by atoms with E-state index in [-0.39, 0.29) is 5.41 Å². The summed E-state index contributed by atoms with van der Waals surface area (Å²) in [5.74, 6) is 7.47.